The first-order valence-electron chi connectivity index (χ1n) is 9.77. The fraction of sp³-hybridized carbons (Fsp3) is 0.250. The van der Waals surface area contributed by atoms with E-state index < -0.39 is 0 Å². The van der Waals surface area contributed by atoms with Gasteiger partial charge in [0.1, 0.15) is 5.52 Å². The van der Waals surface area contributed by atoms with E-state index in [1.165, 1.54) is 49.7 Å². The Balaban J connectivity index is 2.24. The van der Waals surface area contributed by atoms with Crippen molar-refractivity contribution in [3.8, 4) is 0 Å². The minimum absolute atomic E-state index is 1.01. The molecule has 3 heterocycles. The lowest BCUT2D eigenvalue weighted by atomic mass is 9.98. The molecule has 0 fully saturated rings. The Kier molecular flexibility index (Phi) is 3.48. The largest absolute Gasteiger partial charge is 0.297 e. The van der Waals surface area contributed by atoms with Crippen molar-refractivity contribution in [2.45, 2.75) is 33.6 Å². The lowest BCUT2D eigenvalue weighted by Gasteiger charge is -2.11. The van der Waals surface area contributed by atoms with Gasteiger partial charge in [-0.15, -0.1) is 0 Å². The normalized spacial score (nSPS) is 12.0. The zero-order chi connectivity index (χ0) is 18.7. The topological polar surface area (TPSA) is 21.2 Å². The van der Waals surface area contributed by atoms with Gasteiger partial charge in [-0.2, -0.15) is 4.40 Å². The predicted molar refractivity (Wildman–Crippen MR) is 112 cm³/mol. The Hall–Kier alpha value is -2.94. The average Bonchev–Trinajstić information content (AvgIpc) is 3.00. The van der Waals surface area contributed by atoms with Crippen LogP contribution >= 0.6 is 0 Å². The van der Waals surface area contributed by atoms with E-state index in [4.69, 9.17) is 4.98 Å². The maximum Gasteiger partial charge on any atom is 0.297 e. The molecule has 0 saturated heterocycles. The number of rotatable bonds is 2. The van der Waals surface area contributed by atoms with Gasteiger partial charge in [-0.1, -0.05) is 32.0 Å². The third-order valence-corrected chi connectivity index (χ3v) is 5.91. The summed E-state index contributed by atoms with van der Waals surface area (Å²) in [6.07, 6.45) is 3.99. The molecular formula is C24H24N3+. The predicted octanol–water partition coefficient (Wildman–Crippen LogP) is 5.05. The molecule has 0 spiro atoms. The Bertz CT molecular complexity index is 1360. The van der Waals surface area contributed by atoms with Crippen LogP contribution in [0.2, 0.25) is 0 Å². The van der Waals surface area contributed by atoms with E-state index in [1.807, 2.05) is 6.20 Å². The lowest BCUT2D eigenvalue weighted by molar-refractivity contribution is -0.617. The standard InChI is InChI=1S/C24H24N3/c1-5-16-13-17(6-2)23-18(14-16)22-21(15(3)11-12-25-22)24-26(4)19-9-7-8-10-20(19)27(23)24/h7-14H,5-6H2,1-4H3/q+1. The highest BCUT2D eigenvalue weighted by molar-refractivity contribution is 6.12. The van der Waals surface area contributed by atoms with Gasteiger partial charge in [-0.05, 0) is 55.2 Å². The van der Waals surface area contributed by atoms with Gasteiger partial charge in [0.25, 0.3) is 5.65 Å². The Morgan fingerprint density at radius 2 is 1.85 bits per heavy atom. The average molecular weight is 354 g/mol. The number of benzene rings is 2. The van der Waals surface area contributed by atoms with Gasteiger partial charge in [0.05, 0.1) is 18.0 Å². The molecule has 0 N–H and O–H groups in total. The summed E-state index contributed by atoms with van der Waals surface area (Å²) in [5.74, 6) is 0. The second-order valence-corrected chi connectivity index (χ2v) is 7.42. The van der Waals surface area contributed by atoms with Crippen LogP contribution in [0.15, 0.2) is 48.7 Å². The summed E-state index contributed by atoms with van der Waals surface area (Å²) in [5.41, 5.74) is 10.2. The summed E-state index contributed by atoms with van der Waals surface area (Å²) in [6, 6.07) is 15.5. The number of pyridine rings is 2. The van der Waals surface area contributed by atoms with Crippen LogP contribution in [0, 0.1) is 6.92 Å². The van der Waals surface area contributed by atoms with Crippen LogP contribution in [0.3, 0.4) is 0 Å². The van der Waals surface area contributed by atoms with E-state index in [9.17, 15) is 0 Å². The summed E-state index contributed by atoms with van der Waals surface area (Å²) in [7, 11) is 2.17. The second kappa shape index (κ2) is 5.78. The molecule has 5 aromatic rings. The molecule has 2 aromatic carbocycles. The van der Waals surface area contributed by atoms with Crippen molar-refractivity contribution in [1.82, 2.24) is 9.38 Å². The van der Waals surface area contributed by atoms with Crippen LogP contribution in [-0.4, -0.2) is 9.38 Å². The fourth-order valence-corrected chi connectivity index (χ4v) is 4.54. The molecule has 0 bridgehead atoms. The number of hydrogen-bond acceptors (Lipinski definition) is 1. The van der Waals surface area contributed by atoms with E-state index in [2.05, 4.69) is 79.3 Å². The first-order valence-corrected chi connectivity index (χ1v) is 9.77. The molecule has 134 valence electrons. The smallest absolute Gasteiger partial charge is 0.255 e. The summed E-state index contributed by atoms with van der Waals surface area (Å²) in [6.45, 7) is 6.67. The Morgan fingerprint density at radius 1 is 1.04 bits per heavy atom. The van der Waals surface area contributed by atoms with E-state index >= 15 is 0 Å². The molecule has 3 nitrogen and oxygen atoms in total. The lowest BCUT2D eigenvalue weighted by Crippen LogP contribution is -2.27. The maximum atomic E-state index is 4.86. The highest BCUT2D eigenvalue weighted by Crippen LogP contribution is 2.34. The molecule has 0 radical (unpaired) electrons. The molecule has 0 unspecified atom stereocenters. The number of aryl methyl sites for hydroxylation is 4. The van der Waals surface area contributed by atoms with Gasteiger partial charge < -0.3 is 0 Å². The zero-order valence-corrected chi connectivity index (χ0v) is 16.4. The number of nitrogens with zero attached hydrogens (tertiary/aromatic N) is 3. The highest BCUT2D eigenvalue weighted by atomic mass is 15.1. The molecule has 5 rings (SSSR count). The van der Waals surface area contributed by atoms with E-state index in [1.54, 1.807) is 0 Å². The molecule has 3 aromatic heterocycles. The molecule has 0 atom stereocenters. The summed E-state index contributed by atoms with van der Waals surface area (Å²) in [5, 5.41) is 2.51. The van der Waals surface area contributed by atoms with Crippen LogP contribution in [0.4, 0.5) is 0 Å². The number of aromatic nitrogens is 3. The van der Waals surface area contributed by atoms with Crippen LogP contribution < -0.4 is 4.57 Å². The van der Waals surface area contributed by atoms with Gasteiger partial charge in [0.2, 0.25) is 0 Å². The third-order valence-electron chi connectivity index (χ3n) is 5.91. The fourth-order valence-electron chi connectivity index (χ4n) is 4.54. The monoisotopic (exact) mass is 354 g/mol. The minimum Gasteiger partial charge on any atom is -0.255 e. The first kappa shape index (κ1) is 16.2. The van der Waals surface area contributed by atoms with E-state index in [0.717, 1.165) is 18.4 Å². The molecule has 0 aliphatic carbocycles. The Labute approximate surface area is 158 Å². The molecule has 0 aliphatic heterocycles. The summed E-state index contributed by atoms with van der Waals surface area (Å²) >= 11 is 0. The van der Waals surface area contributed by atoms with Crippen LogP contribution in [0.1, 0.15) is 30.5 Å². The highest BCUT2D eigenvalue weighted by Gasteiger charge is 2.26. The van der Waals surface area contributed by atoms with Crippen LogP contribution in [-0.2, 0) is 19.9 Å². The van der Waals surface area contributed by atoms with Crippen molar-refractivity contribution in [2.75, 3.05) is 0 Å². The number of hydrogen-bond donors (Lipinski definition) is 0. The zero-order valence-electron chi connectivity index (χ0n) is 16.4. The SMILES string of the molecule is CCc1cc(CC)c2c(c1)c1nccc(C)c1c1n2c2ccccc2[n+]1C. The number of para-hydroxylation sites is 2. The second-order valence-electron chi connectivity index (χ2n) is 7.42. The number of imidazole rings is 1. The minimum atomic E-state index is 1.01. The van der Waals surface area contributed by atoms with Crippen molar-refractivity contribution in [3.05, 3.63) is 65.4 Å². The van der Waals surface area contributed by atoms with Crippen molar-refractivity contribution in [1.29, 1.82) is 0 Å². The number of fused-ring (bicyclic) bond motifs is 8. The van der Waals surface area contributed by atoms with Crippen LogP contribution in [0.5, 0.6) is 0 Å². The van der Waals surface area contributed by atoms with Crippen molar-refractivity contribution < 1.29 is 4.57 Å². The molecule has 27 heavy (non-hydrogen) atoms. The van der Waals surface area contributed by atoms with E-state index in [0.29, 0.717) is 0 Å². The van der Waals surface area contributed by atoms with Crippen LogP contribution in [0.25, 0.3) is 38.5 Å². The van der Waals surface area contributed by atoms with Crippen molar-refractivity contribution in [2.24, 2.45) is 7.05 Å². The van der Waals surface area contributed by atoms with Gasteiger partial charge in [0.15, 0.2) is 11.0 Å². The first-order chi connectivity index (χ1) is 13.2. The van der Waals surface area contributed by atoms with Gasteiger partial charge in [-0.25, -0.2) is 4.57 Å². The molecule has 0 aliphatic rings. The molecular weight excluding hydrogens is 330 g/mol. The van der Waals surface area contributed by atoms with Gasteiger partial charge in [-0.3, -0.25) is 4.98 Å². The quantitative estimate of drug-likeness (QED) is 0.321. The Morgan fingerprint density at radius 3 is 2.63 bits per heavy atom. The van der Waals surface area contributed by atoms with Crippen molar-refractivity contribution >= 4 is 38.5 Å². The van der Waals surface area contributed by atoms with Crippen molar-refractivity contribution in [3.63, 3.8) is 0 Å². The van der Waals surface area contributed by atoms with E-state index in [-0.39, 0.29) is 0 Å². The van der Waals surface area contributed by atoms with Gasteiger partial charge in [0, 0.05) is 17.1 Å². The third kappa shape index (κ3) is 2.08. The van der Waals surface area contributed by atoms with Gasteiger partial charge >= 0.3 is 0 Å². The molecule has 0 amide bonds. The molecule has 0 saturated carbocycles. The summed E-state index contributed by atoms with van der Waals surface area (Å²) < 4.78 is 4.78. The summed E-state index contributed by atoms with van der Waals surface area (Å²) in [4.78, 5) is 4.86. The molecule has 3 heteroatoms. The maximum absolute atomic E-state index is 4.86.